The lowest BCUT2D eigenvalue weighted by Gasteiger charge is -2.23. The summed E-state index contributed by atoms with van der Waals surface area (Å²) >= 11 is 1.36. The van der Waals surface area contributed by atoms with E-state index in [1.54, 1.807) is 6.20 Å². The fraction of sp³-hybridized carbons (Fsp3) is 0.318. The Labute approximate surface area is 176 Å². The van der Waals surface area contributed by atoms with Crippen LogP contribution in [0.1, 0.15) is 5.56 Å². The maximum atomic E-state index is 13.3. The van der Waals surface area contributed by atoms with Gasteiger partial charge in [-0.15, -0.1) is 11.3 Å². The van der Waals surface area contributed by atoms with Crippen molar-refractivity contribution in [2.45, 2.75) is 18.1 Å². The Morgan fingerprint density at radius 1 is 1.40 bits per heavy atom. The number of nitrogens with zero attached hydrogens (tertiary/aromatic N) is 2. The zero-order valence-electron chi connectivity index (χ0n) is 16.1. The molecule has 2 saturated heterocycles. The molecular weight excluding hydrogens is 400 g/mol. The van der Waals surface area contributed by atoms with Crippen LogP contribution in [0.5, 0.6) is 0 Å². The minimum atomic E-state index is -0.688. The average Bonchev–Trinajstić information content (AvgIpc) is 3.55. The van der Waals surface area contributed by atoms with Crippen molar-refractivity contribution in [3.63, 3.8) is 0 Å². The van der Waals surface area contributed by atoms with E-state index in [0.717, 1.165) is 11.9 Å². The summed E-state index contributed by atoms with van der Waals surface area (Å²) in [5.41, 5.74) is 1.60. The van der Waals surface area contributed by atoms with E-state index in [2.05, 4.69) is 21.4 Å². The van der Waals surface area contributed by atoms with E-state index in [4.69, 9.17) is 4.74 Å². The number of carbonyl (C=O) groups is 2. The number of likely N-dealkylation sites (tertiary alicyclic amines) is 1. The van der Waals surface area contributed by atoms with E-state index in [1.165, 1.54) is 22.3 Å². The van der Waals surface area contributed by atoms with E-state index in [1.807, 2.05) is 46.8 Å². The summed E-state index contributed by atoms with van der Waals surface area (Å²) in [4.78, 5) is 35.5. The second-order valence-electron chi connectivity index (χ2n) is 8.10. The van der Waals surface area contributed by atoms with E-state index >= 15 is 0 Å². The lowest BCUT2D eigenvalue weighted by Crippen LogP contribution is -2.41. The monoisotopic (exact) mass is 420 g/mol. The number of hydrogen-bond donors (Lipinski definition) is 2. The van der Waals surface area contributed by atoms with Gasteiger partial charge in [0.05, 0.1) is 24.5 Å². The molecule has 30 heavy (non-hydrogen) atoms. The quantitative estimate of drug-likeness (QED) is 0.621. The number of nitrogens with one attached hydrogen (secondary N) is 2. The number of aromatic amines is 1. The molecule has 2 fully saturated rings. The van der Waals surface area contributed by atoms with Crippen LogP contribution in [0.15, 0.2) is 54.2 Å². The summed E-state index contributed by atoms with van der Waals surface area (Å²) in [7, 11) is 0. The molecule has 8 heteroatoms. The Morgan fingerprint density at radius 3 is 3.17 bits per heavy atom. The minimum Gasteiger partial charge on any atom is -0.361 e. The van der Waals surface area contributed by atoms with Crippen molar-refractivity contribution in [1.29, 1.82) is 0 Å². The van der Waals surface area contributed by atoms with Crippen LogP contribution in [0.3, 0.4) is 0 Å². The summed E-state index contributed by atoms with van der Waals surface area (Å²) in [6.07, 6.45) is 7.97. The predicted octanol–water partition coefficient (Wildman–Crippen LogP) is 2.59. The van der Waals surface area contributed by atoms with Crippen LogP contribution in [0.4, 0.5) is 5.13 Å². The second kappa shape index (κ2) is 6.52. The third-order valence-electron chi connectivity index (χ3n) is 6.47. The van der Waals surface area contributed by atoms with E-state index in [0.29, 0.717) is 18.2 Å². The molecule has 3 aliphatic rings. The van der Waals surface area contributed by atoms with Crippen LogP contribution in [0.2, 0.25) is 0 Å². The summed E-state index contributed by atoms with van der Waals surface area (Å²) in [5, 5.41) is 6.38. The van der Waals surface area contributed by atoms with Crippen molar-refractivity contribution in [2.24, 2.45) is 11.8 Å². The van der Waals surface area contributed by atoms with Gasteiger partial charge in [0.25, 0.3) is 0 Å². The number of fused-ring (bicyclic) bond motifs is 2. The standard InChI is InChI=1S/C22H20N4O3S/c27-19(25-21-23-8-10-30-21)17-16-5-7-22(29-16)12-26(20(28)18(17)22)9-6-13-11-24-15-4-2-1-3-14(13)15/h1-5,7-8,10-11,16-18,24H,6,9,12H2,(H,23,25,27)/t16-,17-,18+,22-/m1/s1. The molecular formula is C22H20N4O3S. The van der Waals surface area contributed by atoms with Gasteiger partial charge in [-0.3, -0.25) is 9.59 Å². The minimum absolute atomic E-state index is 0.000907. The van der Waals surface area contributed by atoms with Gasteiger partial charge in [-0.25, -0.2) is 4.98 Å². The van der Waals surface area contributed by atoms with Gasteiger partial charge >= 0.3 is 0 Å². The average molecular weight is 420 g/mol. The molecule has 1 aromatic carbocycles. The smallest absolute Gasteiger partial charge is 0.233 e. The van der Waals surface area contributed by atoms with Crippen molar-refractivity contribution in [2.75, 3.05) is 18.4 Å². The molecule has 5 heterocycles. The van der Waals surface area contributed by atoms with Gasteiger partial charge in [0.1, 0.15) is 5.60 Å². The SMILES string of the molecule is O=C(Nc1nccs1)[C@H]1[C@H]2C(=O)N(CCc3c[nH]c4ccccc34)C[C@]23C=C[C@H]1O3. The third-order valence-corrected chi connectivity index (χ3v) is 7.16. The largest absolute Gasteiger partial charge is 0.361 e. The molecule has 0 unspecified atom stereocenters. The fourth-order valence-corrected chi connectivity index (χ4v) is 5.67. The van der Waals surface area contributed by atoms with Crippen LogP contribution >= 0.6 is 11.3 Å². The van der Waals surface area contributed by atoms with Crippen molar-refractivity contribution >= 4 is 39.2 Å². The number of para-hydroxylation sites is 1. The predicted molar refractivity (Wildman–Crippen MR) is 113 cm³/mol. The molecule has 152 valence electrons. The number of benzene rings is 1. The summed E-state index contributed by atoms with van der Waals surface area (Å²) in [6, 6.07) is 8.16. The highest BCUT2D eigenvalue weighted by atomic mass is 32.1. The zero-order chi connectivity index (χ0) is 20.3. The summed E-state index contributed by atoms with van der Waals surface area (Å²) in [6.45, 7) is 1.09. The number of thiazole rings is 1. The van der Waals surface area contributed by atoms with Crippen molar-refractivity contribution in [3.05, 3.63) is 59.8 Å². The molecule has 3 aliphatic heterocycles. The molecule has 2 amide bonds. The van der Waals surface area contributed by atoms with Crippen LogP contribution in [0, 0.1) is 11.8 Å². The second-order valence-corrected chi connectivity index (χ2v) is 8.99. The molecule has 2 aromatic heterocycles. The normalized spacial score (nSPS) is 29.1. The number of H-pyrrole nitrogens is 1. The van der Waals surface area contributed by atoms with Crippen LogP contribution in [0.25, 0.3) is 10.9 Å². The Bertz CT molecular complexity index is 1170. The van der Waals surface area contributed by atoms with Crippen molar-refractivity contribution in [3.8, 4) is 0 Å². The van der Waals surface area contributed by atoms with Gasteiger partial charge in [0.15, 0.2) is 5.13 Å². The Morgan fingerprint density at radius 2 is 2.30 bits per heavy atom. The summed E-state index contributed by atoms with van der Waals surface area (Å²) < 4.78 is 6.19. The van der Waals surface area contributed by atoms with Gasteiger partial charge in [-0.2, -0.15) is 0 Å². The maximum Gasteiger partial charge on any atom is 0.233 e. The Hall–Kier alpha value is -2.97. The topological polar surface area (TPSA) is 87.3 Å². The van der Waals surface area contributed by atoms with Gasteiger partial charge < -0.3 is 19.9 Å². The molecule has 0 radical (unpaired) electrons. The van der Waals surface area contributed by atoms with Gasteiger partial charge in [0.2, 0.25) is 11.8 Å². The van der Waals surface area contributed by atoms with Gasteiger partial charge in [-0.1, -0.05) is 30.4 Å². The maximum absolute atomic E-state index is 13.3. The van der Waals surface area contributed by atoms with Crippen LogP contribution in [-0.4, -0.2) is 51.5 Å². The first-order valence-corrected chi connectivity index (χ1v) is 10.9. The summed E-state index contributed by atoms with van der Waals surface area (Å²) in [5.74, 6) is -1.20. The van der Waals surface area contributed by atoms with E-state index in [-0.39, 0.29) is 17.9 Å². The first kappa shape index (κ1) is 17.9. The molecule has 4 atom stereocenters. The number of anilines is 1. The highest BCUT2D eigenvalue weighted by Gasteiger charge is 2.66. The molecule has 0 aliphatic carbocycles. The number of carbonyl (C=O) groups excluding carboxylic acids is 2. The third kappa shape index (κ3) is 2.57. The molecule has 7 nitrogen and oxygen atoms in total. The highest BCUT2D eigenvalue weighted by Crippen LogP contribution is 2.52. The van der Waals surface area contributed by atoms with Gasteiger partial charge in [-0.05, 0) is 18.1 Å². The first-order valence-electron chi connectivity index (χ1n) is 10.1. The number of rotatable bonds is 5. The van der Waals surface area contributed by atoms with Crippen molar-refractivity contribution < 1.29 is 14.3 Å². The fourth-order valence-electron chi connectivity index (χ4n) is 5.13. The van der Waals surface area contributed by atoms with Crippen LogP contribution in [-0.2, 0) is 20.7 Å². The Kier molecular flexibility index (Phi) is 3.88. The molecule has 0 saturated carbocycles. The number of hydrogen-bond acceptors (Lipinski definition) is 5. The first-order chi connectivity index (χ1) is 14.6. The highest BCUT2D eigenvalue weighted by molar-refractivity contribution is 7.13. The molecule has 2 bridgehead atoms. The number of aromatic nitrogens is 2. The number of ether oxygens (including phenoxy) is 1. The Balaban J connectivity index is 1.21. The van der Waals surface area contributed by atoms with E-state index < -0.39 is 17.4 Å². The zero-order valence-corrected chi connectivity index (χ0v) is 16.9. The van der Waals surface area contributed by atoms with Crippen molar-refractivity contribution in [1.82, 2.24) is 14.9 Å². The van der Waals surface area contributed by atoms with Crippen LogP contribution < -0.4 is 5.32 Å². The number of amides is 2. The molecule has 1 spiro atoms. The molecule has 2 N–H and O–H groups in total. The van der Waals surface area contributed by atoms with E-state index in [9.17, 15) is 9.59 Å². The lowest BCUT2D eigenvalue weighted by molar-refractivity contribution is -0.135. The van der Waals surface area contributed by atoms with Gasteiger partial charge in [0, 0.05) is 35.2 Å². The molecule has 3 aromatic rings. The lowest BCUT2D eigenvalue weighted by atomic mass is 9.77. The molecule has 6 rings (SSSR count).